The van der Waals surface area contributed by atoms with Gasteiger partial charge in [-0.1, -0.05) is 12.1 Å². The molecule has 0 saturated heterocycles. The number of rotatable bonds is 6. The van der Waals surface area contributed by atoms with Gasteiger partial charge in [0.1, 0.15) is 10.8 Å². The summed E-state index contributed by atoms with van der Waals surface area (Å²) in [4.78, 5) is 4.32. The molecular formula is C11H20N4OS. The monoisotopic (exact) mass is 256 g/mol. The zero-order valence-electron chi connectivity index (χ0n) is 10.5. The molecule has 0 aliphatic carbocycles. The highest BCUT2D eigenvalue weighted by molar-refractivity contribution is 7.09. The smallest absolute Gasteiger partial charge is 0.140 e. The predicted molar refractivity (Wildman–Crippen MR) is 70.4 cm³/mol. The standard InChI is InChI=1S/C11H20N4OS/c1-4-8(7-9(12)15-16)14-11(2,3)10-13-5-6-17-10/h5-6,8,14,16H,4,7H2,1-3H3,(H2,12,15). The molecule has 1 aromatic rings. The maximum absolute atomic E-state index is 8.59. The van der Waals surface area contributed by atoms with Gasteiger partial charge in [-0.05, 0) is 20.3 Å². The van der Waals surface area contributed by atoms with E-state index in [2.05, 4.69) is 36.2 Å². The van der Waals surface area contributed by atoms with Gasteiger partial charge in [0, 0.05) is 24.0 Å². The molecule has 0 aliphatic rings. The zero-order chi connectivity index (χ0) is 12.9. The van der Waals surface area contributed by atoms with Gasteiger partial charge in [0.2, 0.25) is 0 Å². The SMILES string of the molecule is CCC(C/C(N)=N/O)NC(C)(C)c1nccs1. The van der Waals surface area contributed by atoms with Crippen LogP contribution in [0.2, 0.25) is 0 Å². The number of nitrogens with one attached hydrogen (secondary N) is 1. The second-order valence-electron chi connectivity index (χ2n) is 4.51. The largest absolute Gasteiger partial charge is 0.409 e. The Balaban J connectivity index is 2.67. The molecule has 1 atom stereocenters. The van der Waals surface area contributed by atoms with Gasteiger partial charge in [0.05, 0.1) is 5.54 Å². The zero-order valence-corrected chi connectivity index (χ0v) is 11.3. The Morgan fingerprint density at radius 2 is 2.41 bits per heavy atom. The second-order valence-corrected chi connectivity index (χ2v) is 5.40. The Hall–Kier alpha value is -1.14. The number of aromatic nitrogens is 1. The van der Waals surface area contributed by atoms with Crippen LogP contribution in [0, 0.1) is 0 Å². The maximum atomic E-state index is 8.59. The Morgan fingerprint density at radius 3 is 2.88 bits per heavy atom. The number of amidine groups is 1. The summed E-state index contributed by atoms with van der Waals surface area (Å²) >= 11 is 1.62. The van der Waals surface area contributed by atoms with Gasteiger partial charge >= 0.3 is 0 Å². The van der Waals surface area contributed by atoms with Crippen molar-refractivity contribution in [2.45, 2.75) is 45.2 Å². The number of thiazole rings is 1. The first kappa shape index (κ1) is 13.9. The molecular weight excluding hydrogens is 236 g/mol. The lowest BCUT2D eigenvalue weighted by molar-refractivity contribution is 0.308. The van der Waals surface area contributed by atoms with E-state index in [1.165, 1.54) is 0 Å². The Kier molecular flexibility index (Phi) is 4.89. The van der Waals surface area contributed by atoms with Crippen LogP contribution in [-0.2, 0) is 5.54 Å². The van der Waals surface area contributed by atoms with E-state index in [0.717, 1.165) is 11.4 Å². The topological polar surface area (TPSA) is 83.5 Å². The van der Waals surface area contributed by atoms with E-state index >= 15 is 0 Å². The van der Waals surface area contributed by atoms with E-state index in [-0.39, 0.29) is 17.4 Å². The van der Waals surface area contributed by atoms with E-state index in [9.17, 15) is 0 Å². The van der Waals surface area contributed by atoms with Gasteiger partial charge in [-0.15, -0.1) is 11.3 Å². The summed E-state index contributed by atoms with van der Waals surface area (Å²) in [7, 11) is 0. The minimum absolute atomic E-state index is 0.171. The first-order valence-electron chi connectivity index (χ1n) is 5.63. The van der Waals surface area contributed by atoms with Crippen molar-refractivity contribution in [2.75, 3.05) is 0 Å². The van der Waals surface area contributed by atoms with Gasteiger partial charge in [-0.25, -0.2) is 4.98 Å². The van der Waals surface area contributed by atoms with Crippen molar-refractivity contribution in [3.63, 3.8) is 0 Å². The van der Waals surface area contributed by atoms with E-state index in [4.69, 9.17) is 10.9 Å². The molecule has 4 N–H and O–H groups in total. The minimum atomic E-state index is -0.204. The lowest BCUT2D eigenvalue weighted by Crippen LogP contribution is -2.45. The third kappa shape index (κ3) is 3.98. The molecule has 5 nitrogen and oxygen atoms in total. The molecule has 0 spiro atoms. The Bertz CT molecular complexity index is 362. The van der Waals surface area contributed by atoms with Crippen molar-refractivity contribution < 1.29 is 5.21 Å². The number of nitrogens with two attached hydrogens (primary N) is 1. The summed E-state index contributed by atoms with van der Waals surface area (Å²) in [5, 5.41) is 18.1. The van der Waals surface area contributed by atoms with Crippen LogP contribution in [0.1, 0.15) is 38.6 Å². The number of oxime groups is 1. The van der Waals surface area contributed by atoms with Gasteiger partial charge < -0.3 is 16.3 Å². The molecule has 1 unspecified atom stereocenters. The van der Waals surface area contributed by atoms with Crippen LogP contribution < -0.4 is 11.1 Å². The highest BCUT2D eigenvalue weighted by Crippen LogP contribution is 2.23. The molecule has 0 bridgehead atoms. The van der Waals surface area contributed by atoms with Crippen molar-refractivity contribution in [3.8, 4) is 0 Å². The lowest BCUT2D eigenvalue weighted by Gasteiger charge is -2.29. The van der Waals surface area contributed by atoms with Gasteiger partial charge in [-0.3, -0.25) is 0 Å². The van der Waals surface area contributed by atoms with Gasteiger partial charge in [0.25, 0.3) is 0 Å². The minimum Gasteiger partial charge on any atom is -0.409 e. The molecule has 1 rings (SSSR count). The summed E-state index contributed by atoms with van der Waals surface area (Å²) in [6, 6.07) is 0.171. The predicted octanol–water partition coefficient (Wildman–Crippen LogP) is 1.88. The Morgan fingerprint density at radius 1 is 1.71 bits per heavy atom. The quantitative estimate of drug-likeness (QED) is 0.314. The van der Waals surface area contributed by atoms with Gasteiger partial charge in [-0.2, -0.15) is 0 Å². The average molecular weight is 256 g/mol. The molecule has 0 fully saturated rings. The first-order valence-corrected chi connectivity index (χ1v) is 6.51. The maximum Gasteiger partial charge on any atom is 0.140 e. The van der Waals surface area contributed by atoms with Crippen molar-refractivity contribution in [1.82, 2.24) is 10.3 Å². The average Bonchev–Trinajstić information content (AvgIpc) is 2.81. The van der Waals surface area contributed by atoms with Crippen LogP contribution in [0.15, 0.2) is 16.7 Å². The van der Waals surface area contributed by atoms with Crippen molar-refractivity contribution in [1.29, 1.82) is 0 Å². The van der Waals surface area contributed by atoms with Crippen LogP contribution in [0.25, 0.3) is 0 Å². The molecule has 0 saturated carbocycles. The first-order chi connectivity index (χ1) is 7.99. The van der Waals surface area contributed by atoms with E-state index in [0.29, 0.717) is 6.42 Å². The van der Waals surface area contributed by atoms with E-state index < -0.39 is 0 Å². The summed E-state index contributed by atoms with van der Waals surface area (Å²) < 4.78 is 0. The Labute approximate surface area is 106 Å². The third-order valence-corrected chi connectivity index (χ3v) is 3.71. The summed E-state index contributed by atoms with van der Waals surface area (Å²) in [5.74, 6) is 0.249. The van der Waals surface area contributed by atoms with Crippen molar-refractivity contribution in [3.05, 3.63) is 16.6 Å². The van der Waals surface area contributed by atoms with E-state index in [1.807, 2.05) is 5.38 Å². The second kappa shape index (κ2) is 5.97. The van der Waals surface area contributed by atoms with Crippen LogP contribution >= 0.6 is 11.3 Å². The number of hydrogen-bond donors (Lipinski definition) is 3. The molecule has 1 aromatic heterocycles. The van der Waals surface area contributed by atoms with Crippen LogP contribution in [-0.4, -0.2) is 22.1 Å². The number of nitrogens with zero attached hydrogens (tertiary/aromatic N) is 2. The van der Waals surface area contributed by atoms with E-state index in [1.54, 1.807) is 17.5 Å². The molecule has 1 heterocycles. The molecule has 0 radical (unpaired) electrons. The molecule has 0 aliphatic heterocycles. The highest BCUT2D eigenvalue weighted by atomic mass is 32.1. The van der Waals surface area contributed by atoms with Crippen LogP contribution in [0.4, 0.5) is 0 Å². The fourth-order valence-corrected chi connectivity index (χ4v) is 2.42. The molecule has 17 heavy (non-hydrogen) atoms. The summed E-state index contributed by atoms with van der Waals surface area (Å²) in [5.41, 5.74) is 5.33. The molecule has 0 aromatic carbocycles. The van der Waals surface area contributed by atoms with Crippen molar-refractivity contribution >= 4 is 17.2 Å². The van der Waals surface area contributed by atoms with Gasteiger partial charge in [0.15, 0.2) is 0 Å². The third-order valence-electron chi connectivity index (χ3n) is 2.61. The lowest BCUT2D eigenvalue weighted by atomic mass is 10.0. The fourth-order valence-electron chi connectivity index (χ4n) is 1.69. The van der Waals surface area contributed by atoms with Crippen LogP contribution in [0.3, 0.4) is 0 Å². The van der Waals surface area contributed by atoms with Crippen molar-refractivity contribution in [2.24, 2.45) is 10.9 Å². The molecule has 0 amide bonds. The molecule has 6 heteroatoms. The fraction of sp³-hybridized carbons (Fsp3) is 0.636. The summed E-state index contributed by atoms with van der Waals surface area (Å²) in [6.45, 7) is 6.24. The summed E-state index contributed by atoms with van der Waals surface area (Å²) in [6.07, 6.45) is 3.24. The van der Waals surface area contributed by atoms with Crippen LogP contribution in [0.5, 0.6) is 0 Å². The highest BCUT2D eigenvalue weighted by Gasteiger charge is 2.26. The number of hydrogen-bond acceptors (Lipinski definition) is 5. The molecule has 96 valence electrons. The normalized spacial score (nSPS) is 14.9.